The molecule has 11 heteroatoms. The maximum Gasteiger partial charge on any atom is 0.247 e. The minimum absolute atomic E-state index is 0.511. The minimum atomic E-state index is -0.657. The summed E-state index contributed by atoms with van der Waals surface area (Å²) in [6.45, 7) is 0. The Labute approximate surface area is 196 Å². The molecule has 2 amide bonds. The Morgan fingerprint density at radius 3 is 1.26 bits per heavy atom. The molecular formula is C23H26N4O7. The number of rotatable bonds is 12. The summed E-state index contributed by atoms with van der Waals surface area (Å²) >= 11 is 0. The van der Waals surface area contributed by atoms with E-state index in [1.807, 2.05) is 0 Å². The Balaban J connectivity index is 1.80. The van der Waals surface area contributed by atoms with Crippen LogP contribution in [0.1, 0.15) is 24.0 Å². The van der Waals surface area contributed by atoms with Gasteiger partial charge >= 0.3 is 0 Å². The van der Waals surface area contributed by atoms with E-state index in [9.17, 15) is 14.4 Å². The van der Waals surface area contributed by atoms with Gasteiger partial charge in [0.05, 0.1) is 53.7 Å². The zero-order chi connectivity index (χ0) is 24.9. The van der Waals surface area contributed by atoms with E-state index in [2.05, 4.69) is 21.1 Å². The molecule has 0 spiro atoms. The van der Waals surface area contributed by atoms with E-state index in [1.54, 1.807) is 36.4 Å². The molecule has 2 aromatic carbocycles. The van der Waals surface area contributed by atoms with Crippen LogP contribution in [0.25, 0.3) is 0 Å². The molecule has 2 rings (SSSR count). The van der Waals surface area contributed by atoms with Crippen LogP contribution in [0.2, 0.25) is 0 Å². The highest BCUT2D eigenvalue weighted by Crippen LogP contribution is 2.22. The fraction of sp³-hybridized carbons (Fsp3) is 0.261. The Morgan fingerprint density at radius 1 is 0.647 bits per heavy atom. The number of ketones is 1. The third-order valence-electron chi connectivity index (χ3n) is 4.27. The summed E-state index contributed by atoms with van der Waals surface area (Å²) in [6, 6.07) is 10.1. The lowest BCUT2D eigenvalue weighted by Gasteiger charge is -2.05. The highest BCUT2D eigenvalue weighted by atomic mass is 16.5. The molecule has 0 aliphatic heterocycles. The number of nitrogens with zero attached hydrogens (tertiary/aromatic N) is 2. The summed E-state index contributed by atoms with van der Waals surface area (Å²) in [4.78, 5) is 35.8. The first-order valence-electron chi connectivity index (χ1n) is 9.98. The molecule has 0 saturated heterocycles. The third kappa shape index (κ3) is 8.61. The lowest BCUT2D eigenvalue weighted by molar-refractivity contribution is -0.131. The minimum Gasteiger partial charge on any atom is -0.497 e. The summed E-state index contributed by atoms with van der Waals surface area (Å²) in [7, 11) is 6.06. The standard InChI is InChI=1S/C23H26N4O7/c1-31-18-5-15(6-19(11-18)32-2)13-24-26-22(29)9-17(28)10-23(30)27-25-14-16-7-20(33-3)12-21(8-16)34-4/h5-8,11-14H,9-10H2,1-4H3,(H,26,29)(H,27,30)/b24-13+,25-14+. The van der Waals surface area contributed by atoms with Crippen molar-refractivity contribution in [1.29, 1.82) is 0 Å². The van der Waals surface area contributed by atoms with Gasteiger partial charge in [-0.2, -0.15) is 10.2 Å². The number of hydrogen-bond donors (Lipinski definition) is 2. The van der Waals surface area contributed by atoms with Gasteiger partial charge in [-0.3, -0.25) is 14.4 Å². The maximum atomic E-state index is 12.0. The van der Waals surface area contributed by atoms with Gasteiger partial charge in [0, 0.05) is 23.3 Å². The average molecular weight is 470 g/mol. The molecule has 0 saturated carbocycles. The molecule has 2 N–H and O–H groups in total. The fourth-order valence-electron chi connectivity index (χ4n) is 2.67. The van der Waals surface area contributed by atoms with E-state index >= 15 is 0 Å². The summed E-state index contributed by atoms with van der Waals surface area (Å²) in [5, 5.41) is 7.61. The quantitative estimate of drug-likeness (QED) is 0.273. The van der Waals surface area contributed by atoms with Crippen LogP contribution in [0.5, 0.6) is 23.0 Å². The predicted molar refractivity (Wildman–Crippen MR) is 125 cm³/mol. The van der Waals surface area contributed by atoms with Gasteiger partial charge in [0.15, 0.2) is 5.78 Å². The number of Topliss-reactive ketones (excluding diaryl/α,β-unsaturated/α-hetero) is 1. The highest BCUT2D eigenvalue weighted by Gasteiger charge is 2.13. The number of carbonyl (C=O) groups excluding carboxylic acids is 3. The normalized spacial score (nSPS) is 10.7. The smallest absolute Gasteiger partial charge is 0.247 e. The van der Waals surface area contributed by atoms with Crippen molar-refractivity contribution < 1.29 is 33.3 Å². The second-order valence-electron chi connectivity index (χ2n) is 6.77. The van der Waals surface area contributed by atoms with Crippen LogP contribution in [0.4, 0.5) is 0 Å². The second kappa shape index (κ2) is 13.2. The summed E-state index contributed by atoms with van der Waals surface area (Å²) in [6.07, 6.45) is 1.73. The fourth-order valence-corrected chi connectivity index (χ4v) is 2.67. The van der Waals surface area contributed by atoms with Gasteiger partial charge in [-0.05, 0) is 24.3 Å². The van der Waals surface area contributed by atoms with Crippen molar-refractivity contribution in [2.75, 3.05) is 28.4 Å². The molecule has 0 unspecified atom stereocenters. The van der Waals surface area contributed by atoms with Crippen LogP contribution in [-0.4, -0.2) is 58.5 Å². The molecule has 11 nitrogen and oxygen atoms in total. The van der Waals surface area contributed by atoms with Crippen LogP contribution >= 0.6 is 0 Å². The number of methoxy groups -OCH3 is 4. The lowest BCUT2D eigenvalue weighted by atomic mass is 10.2. The highest BCUT2D eigenvalue weighted by molar-refractivity contribution is 6.06. The zero-order valence-corrected chi connectivity index (χ0v) is 19.3. The summed E-state index contributed by atoms with van der Waals surface area (Å²) < 4.78 is 20.6. The Bertz CT molecular complexity index is 955. The zero-order valence-electron chi connectivity index (χ0n) is 19.3. The summed E-state index contributed by atoms with van der Waals surface area (Å²) in [5.41, 5.74) is 5.72. The molecule has 0 bridgehead atoms. The van der Waals surface area contributed by atoms with Crippen LogP contribution < -0.4 is 29.8 Å². The first-order chi connectivity index (χ1) is 16.4. The first kappa shape index (κ1) is 25.8. The van der Waals surface area contributed by atoms with Gasteiger partial charge in [0.1, 0.15) is 23.0 Å². The van der Waals surface area contributed by atoms with Crippen molar-refractivity contribution in [1.82, 2.24) is 10.9 Å². The molecule has 0 aliphatic carbocycles. The SMILES string of the molecule is COc1cc(/C=N/NC(=O)CC(=O)CC(=O)N/N=C/c2cc(OC)cc(OC)c2)cc(OC)c1. The molecular weight excluding hydrogens is 444 g/mol. The monoisotopic (exact) mass is 470 g/mol. The molecule has 0 aliphatic rings. The van der Waals surface area contributed by atoms with Gasteiger partial charge < -0.3 is 18.9 Å². The van der Waals surface area contributed by atoms with E-state index < -0.39 is 30.4 Å². The molecule has 0 atom stereocenters. The molecule has 0 fully saturated rings. The number of carbonyl (C=O) groups is 3. The Hall–Kier alpha value is -4.41. The van der Waals surface area contributed by atoms with Crippen LogP contribution in [-0.2, 0) is 14.4 Å². The number of benzene rings is 2. The summed E-state index contributed by atoms with van der Waals surface area (Å²) in [5.74, 6) is 0.323. The topological polar surface area (TPSA) is 137 Å². The second-order valence-corrected chi connectivity index (χ2v) is 6.77. The molecule has 0 heterocycles. The van der Waals surface area contributed by atoms with E-state index in [-0.39, 0.29) is 0 Å². The van der Waals surface area contributed by atoms with Crippen molar-refractivity contribution in [3.05, 3.63) is 47.5 Å². The van der Waals surface area contributed by atoms with Crippen molar-refractivity contribution in [2.45, 2.75) is 12.8 Å². The molecule has 180 valence electrons. The van der Waals surface area contributed by atoms with Crippen LogP contribution in [0, 0.1) is 0 Å². The molecule has 34 heavy (non-hydrogen) atoms. The van der Waals surface area contributed by atoms with Gasteiger partial charge in [-0.15, -0.1) is 0 Å². The van der Waals surface area contributed by atoms with Crippen molar-refractivity contribution in [3.8, 4) is 23.0 Å². The lowest BCUT2D eigenvalue weighted by Crippen LogP contribution is -2.25. The van der Waals surface area contributed by atoms with Gasteiger partial charge in [0.25, 0.3) is 0 Å². The van der Waals surface area contributed by atoms with Gasteiger partial charge in [0.2, 0.25) is 11.8 Å². The van der Waals surface area contributed by atoms with Gasteiger partial charge in [-0.1, -0.05) is 0 Å². The molecule has 2 aromatic rings. The van der Waals surface area contributed by atoms with E-state index in [1.165, 1.54) is 40.9 Å². The van der Waals surface area contributed by atoms with Crippen LogP contribution in [0.3, 0.4) is 0 Å². The van der Waals surface area contributed by atoms with Crippen LogP contribution in [0.15, 0.2) is 46.6 Å². The number of nitrogens with one attached hydrogen (secondary N) is 2. The number of hydrogen-bond acceptors (Lipinski definition) is 9. The number of ether oxygens (including phenoxy) is 4. The first-order valence-corrected chi connectivity index (χ1v) is 9.98. The van der Waals surface area contributed by atoms with Crippen molar-refractivity contribution >= 4 is 30.0 Å². The van der Waals surface area contributed by atoms with Gasteiger partial charge in [-0.25, -0.2) is 10.9 Å². The number of hydrazone groups is 2. The van der Waals surface area contributed by atoms with Crippen molar-refractivity contribution in [3.63, 3.8) is 0 Å². The van der Waals surface area contributed by atoms with E-state index in [4.69, 9.17) is 18.9 Å². The maximum absolute atomic E-state index is 12.0. The van der Waals surface area contributed by atoms with Crippen molar-refractivity contribution in [2.24, 2.45) is 10.2 Å². The largest absolute Gasteiger partial charge is 0.497 e. The predicted octanol–water partition coefficient (Wildman–Crippen LogP) is 1.67. The Kier molecular flexibility index (Phi) is 10.0. The Morgan fingerprint density at radius 2 is 0.971 bits per heavy atom. The average Bonchev–Trinajstić information content (AvgIpc) is 2.83. The molecule has 0 aromatic heterocycles. The third-order valence-corrected chi connectivity index (χ3v) is 4.27. The molecule has 0 radical (unpaired) electrons. The number of amides is 2. The van der Waals surface area contributed by atoms with E-state index in [0.29, 0.717) is 34.1 Å². The van der Waals surface area contributed by atoms with E-state index in [0.717, 1.165) is 0 Å².